The largest absolute Gasteiger partial charge is 0.481 e. The van der Waals surface area contributed by atoms with Crippen LogP contribution in [0.25, 0.3) is 0 Å². The lowest BCUT2D eigenvalue weighted by Crippen LogP contribution is -2.37. The highest BCUT2D eigenvalue weighted by Gasteiger charge is 2.18. The molecule has 0 saturated carbocycles. The van der Waals surface area contributed by atoms with Gasteiger partial charge in [-0.3, -0.25) is 4.79 Å². The van der Waals surface area contributed by atoms with E-state index in [1.54, 1.807) is 38.1 Å². The van der Waals surface area contributed by atoms with E-state index in [-0.39, 0.29) is 16.8 Å². The standard InChI is InChI=1S/C17H19BrN2O4S/c1-11(13-3-9-16(10-4-13)25(19,22)23)20-17(21)12(2)24-15-7-5-14(18)6-8-15/h3-12H,1-2H3,(H,20,21)(H2,19,22,23). The third kappa shape index (κ3) is 5.55. The van der Waals surface area contributed by atoms with Crippen LogP contribution < -0.4 is 15.2 Å². The fourth-order valence-corrected chi connectivity index (χ4v) is 2.91. The number of hydrogen-bond acceptors (Lipinski definition) is 4. The zero-order valence-corrected chi connectivity index (χ0v) is 16.2. The highest BCUT2D eigenvalue weighted by molar-refractivity contribution is 9.10. The molecule has 1 amide bonds. The van der Waals surface area contributed by atoms with Gasteiger partial charge in [0, 0.05) is 4.47 Å². The number of halogens is 1. The molecule has 6 nitrogen and oxygen atoms in total. The molecule has 0 spiro atoms. The summed E-state index contributed by atoms with van der Waals surface area (Å²) in [7, 11) is -3.73. The number of benzene rings is 2. The van der Waals surface area contributed by atoms with Gasteiger partial charge >= 0.3 is 0 Å². The van der Waals surface area contributed by atoms with Crippen LogP contribution in [-0.4, -0.2) is 20.4 Å². The van der Waals surface area contributed by atoms with Crippen LogP contribution in [0.1, 0.15) is 25.5 Å². The lowest BCUT2D eigenvalue weighted by molar-refractivity contribution is -0.127. The summed E-state index contributed by atoms with van der Waals surface area (Å²) in [5.74, 6) is 0.321. The van der Waals surface area contributed by atoms with Crippen molar-refractivity contribution >= 4 is 31.9 Å². The Labute approximate surface area is 155 Å². The van der Waals surface area contributed by atoms with Crippen molar-refractivity contribution in [1.29, 1.82) is 0 Å². The van der Waals surface area contributed by atoms with Gasteiger partial charge in [0.1, 0.15) is 5.75 Å². The van der Waals surface area contributed by atoms with E-state index in [0.717, 1.165) is 10.0 Å². The van der Waals surface area contributed by atoms with Gasteiger partial charge in [-0.1, -0.05) is 28.1 Å². The molecule has 25 heavy (non-hydrogen) atoms. The molecular formula is C17H19BrN2O4S. The van der Waals surface area contributed by atoms with E-state index in [2.05, 4.69) is 21.2 Å². The van der Waals surface area contributed by atoms with Crippen molar-refractivity contribution in [2.45, 2.75) is 30.9 Å². The maximum Gasteiger partial charge on any atom is 0.261 e. The van der Waals surface area contributed by atoms with Crippen molar-refractivity contribution in [2.75, 3.05) is 0 Å². The van der Waals surface area contributed by atoms with Crippen LogP contribution in [-0.2, 0) is 14.8 Å². The molecule has 0 heterocycles. The number of carbonyl (C=O) groups is 1. The summed E-state index contributed by atoms with van der Waals surface area (Å²) in [5.41, 5.74) is 0.761. The molecule has 2 aromatic rings. The summed E-state index contributed by atoms with van der Waals surface area (Å²) < 4.78 is 29.1. The van der Waals surface area contributed by atoms with Crippen molar-refractivity contribution in [2.24, 2.45) is 5.14 Å². The minimum atomic E-state index is -3.73. The predicted molar refractivity (Wildman–Crippen MR) is 98.6 cm³/mol. The second-order valence-electron chi connectivity index (χ2n) is 5.56. The van der Waals surface area contributed by atoms with Crippen molar-refractivity contribution < 1.29 is 17.9 Å². The predicted octanol–water partition coefficient (Wildman–Crippen LogP) is 2.74. The van der Waals surface area contributed by atoms with Crippen molar-refractivity contribution in [3.63, 3.8) is 0 Å². The molecule has 134 valence electrons. The van der Waals surface area contributed by atoms with Gasteiger partial charge < -0.3 is 10.1 Å². The molecule has 0 aromatic heterocycles. The molecule has 2 aromatic carbocycles. The molecule has 0 radical (unpaired) electrons. The van der Waals surface area contributed by atoms with Gasteiger partial charge in [-0.05, 0) is 55.8 Å². The molecule has 0 bridgehead atoms. The van der Waals surface area contributed by atoms with E-state index >= 15 is 0 Å². The summed E-state index contributed by atoms with van der Waals surface area (Å²) in [6.45, 7) is 3.46. The number of primary sulfonamides is 1. The fraction of sp³-hybridized carbons (Fsp3) is 0.235. The minimum Gasteiger partial charge on any atom is -0.481 e. The zero-order chi connectivity index (χ0) is 18.6. The number of rotatable bonds is 6. The second-order valence-corrected chi connectivity index (χ2v) is 8.04. The van der Waals surface area contributed by atoms with Gasteiger partial charge in [0.15, 0.2) is 6.10 Å². The van der Waals surface area contributed by atoms with Crippen LogP contribution >= 0.6 is 15.9 Å². The molecule has 2 atom stereocenters. The minimum absolute atomic E-state index is 0.0294. The third-order valence-electron chi connectivity index (χ3n) is 3.56. The average molecular weight is 427 g/mol. The number of nitrogens with one attached hydrogen (secondary N) is 1. The summed E-state index contributed by atoms with van der Waals surface area (Å²) in [6.07, 6.45) is -0.674. The van der Waals surface area contributed by atoms with Crippen LogP contribution in [0.2, 0.25) is 0 Å². The number of amides is 1. The Kier molecular flexibility index (Phi) is 6.21. The van der Waals surface area contributed by atoms with E-state index in [1.165, 1.54) is 12.1 Å². The third-order valence-corrected chi connectivity index (χ3v) is 5.02. The van der Waals surface area contributed by atoms with Crippen LogP contribution in [0.5, 0.6) is 5.75 Å². The molecule has 0 fully saturated rings. The summed E-state index contributed by atoms with van der Waals surface area (Å²) in [4.78, 5) is 12.3. The number of carbonyl (C=O) groups excluding carboxylic acids is 1. The first-order valence-electron chi connectivity index (χ1n) is 7.52. The van der Waals surface area contributed by atoms with Gasteiger partial charge in [0.2, 0.25) is 10.0 Å². The normalized spacial score (nSPS) is 13.8. The van der Waals surface area contributed by atoms with E-state index in [4.69, 9.17) is 9.88 Å². The molecular weight excluding hydrogens is 408 g/mol. The maximum absolute atomic E-state index is 12.3. The Balaban J connectivity index is 1.97. The quantitative estimate of drug-likeness (QED) is 0.741. The molecule has 3 N–H and O–H groups in total. The number of ether oxygens (including phenoxy) is 1. The summed E-state index contributed by atoms with van der Waals surface area (Å²) >= 11 is 3.34. The van der Waals surface area contributed by atoms with Gasteiger partial charge in [-0.2, -0.15) is 0 Å². The van der Waals surface area contributed by atoms with Crippen molar-refractivity contribution in [3.8, 4) is 5.75 Å². The number of sulfonamides is 1. The summed E-state index contributed by atoms with van der Waals surface area (Å²) in [6, 6.07) is 12.9. The maximum atomic E-state index is 12.3. The molecule has 0 aliphatic heterocycles. The topological polar surface area (TPSA) is 98.5 Å². The average Bonchev–Trinajstić information content (AvgIpc) is 2.56. The zero-order valence-electron chi connectivity index (χ0n) is 13.8. The highest BCUT2D eigenvalue weighted by Crippen LogP contribution is 2.18. The SMILES string of the molecule is CC(Oc1ccc(Br)cc1)C(=O)NC(C)c1ccc(S(N)(=O)=O)cc1. The Morgan fingerprint density at radius 2 is 1.64 bits per heavy atom. The Hall–Kier alpha value is -1.90. The smallest absolute Gasteiger partial charge is 0.261 e. The van der Waals surface area contributed by atoms with E-state index in [9.17, 15) is 13.2 Å². The molecule has 2 unspecified atom stereocenters. The van der Waals surface area contributed by atoms with Crippen LogP contribution in [0, 0.1) is 0 Å². The van der Waals surface area contributed by atoms with Crippen molar-refractivity contribution in [1.82, 2.24) is 5.32 Å². The van der Waals surface area contributed by atoms with Crippen LogP contribution in [0.3, 0.4) is 0 Å². The molecule has 8 heteroatoms. The van der Waals surface area contributed by atoms with Gasteiger partial charge in [0.05, 0.1) is 10.9 Å². The monoisotopic (exact) mass is 426 g/mol. The van der Waals surface area contributed by atoms with Gasteiger partial charge in [-0.15, -0.1) is 0 Å². The molecule has 0 saturated heterocycles. The lowest BCUT2D eigenvalue weighted by atomic mass is 10.1. The van der Waals surface area contributed by atoms with E-state index < -0.39 is 16.1 Å². The number of hydrogen-bond donors (Lipinski definition) is 2. The Bertz CT molecular complexity index is 836. The first kappa shape index (κ1) is 19.4. The van der Waals surface area contributed by atoms with Gasteiger partial charge in [0.25, 0.3) is 5.91 Å². The first-order valence-corrected chi connectivity index (χ1v) is 9.86. The molecule has 0 aliphatic rings. The fourth-order valence-electron chi connectivity index (χ4n) is 2.13. The van der Waals surface area contributed by atoms with Gasteiger partial charge in [-0.25, -0.2) is 13.6 Å². The van der Waals surface area contributed by atoms with Crippen LogP contribution in [0.15, 0.2) is 57.9 Å². The lowest BCUT2D eigenvalue weighted by Gasteiger charge is -2.19. The van der Waals surface area contributed by atoms with E-state index in [1.807, 2.05) is 12.1 Å². The molecule has 2 rings (SSSR count). The first-order chi connectivity index (χ1) is 11.7. The van der Waals surface area contributed by atoms with Crippen LogP contribution in [0.4, 0.5) is 0 Å². The Morgan fingerprint density at radius 1 is 1.08 bits per heavy atom. The highest BCUT2D eigenvalue weighted by atomic mass is 79.9. The second kappa shape index (κ2) is 7.99. The Morgan fingerprint density at radius 3 is 2.16 bits per heavy atom. The van der Waals surface area contributed by atoms with E-state index in [0.29, 0.717) is 5.75 Å². The van der Waals surface area contributed by atoms with Crippen molar-refractivity contribution in [3.05, 3.63) is 58.6 Å². The molecule has 0 aliphatic carbocycles. The number of nitrogens with two attached hydrogens (primary N) is 1. The summed E-state index contributed by atoms with van der Waals surface area (Å²) in [5, 5.41) is 7.90.